The van der Waals surface area contributed by atoms with Gasteiger partial charge < -0.3 is 14.0 Å². The lowest BCUT2D eigenvalue weighted by Crippen LogP contribution is -2.45. The summed E-state index contributed by atoms with van der Waals surface area (Å²) in [6.45, 7) is 5.91. The van der Waals surface area contributed by atoms with E-state index >= 15 is 0 Å². The maximum absolute atomic E-state index is 13.0. The summed E-state index contributed by atoms with van der Waals surface area (Å²) in [6.07, 6.45) is 2.22. The number of piperidine rings is 1. The van der Waals surface area contributed by atoms with Gasteiger partial charge in [0.2, 0.25) is 10.9 Å². The molecule has 4 rings (SSSR count). The minimum absolute atomic E-state index is 0.153. The van der Waals surface area contributed by atoms with Gasteiger partial charge >= 0.3 is 0 Å². The molecule has 1 saturated heterocycles. The van der Waals surface area contributed by atoms with Crippen LogP contribution >= 0.6 is 0 Å². The molecular formula is C20H23N3O5S. The van der Waals surface area contributed by atoms with Gasteiger partial charge in [0.05, 0.1) is 11.4 Å². The molecular weight excluding hydrogens is 394 g/mol. The van der Waals surface area contributed by atoms with E-state index in [9.17, 15) is 13.5 Å². The van der Waals surface area contributed by atoms with E-state index < -0.39 is 15.6 Å². The lowest BCUT2D eigenvalue weighted by molar-refractivity contribution is -0.0136. The molecule has 0 spiro atoms. The summed E-state index contributed by atoms with van der Waals surface area (Å²) in [5, 5.41) is 14.7. The van der Waals surface area contributed by atoms with Gasteiger partial charge in [0.25, 0.3) is 10.0 Å². The van der Waals surface area contributed by atoms with Crippen molar-refractivity contribution >= 4 is 10.0 Å². The topological polar surface area (TPSA) is 110 Å². The van der Waals surface area contributed by atoms with E-state index in [1.54, 1.807) is 25.3 Å². The lowest BCUT2D eigenvalue weighted by Gasteiger charge is -2.36. The van der Waals surface area contributed by atoms with E-state index in [2.05, 4.69) is 10.1 Å². The normalized spacial score (nSPS) is 17.5. The first-order valence-electron chi connectivity index (χ1n) is 9.39. The highest BCUT2D eigenvalue weighted by molar-refractivity contribution is 7.89. The first-order valence-corrected chi connectivity index (χ1v) is 10.8. The second-order valence-electron chi connectivity index (χ2n) is 7.50. The summed E-state index contributed by atoms with van der Waals surface area (Å²) in [5.74, 6) is 0.737. The minimum atomic E-state index is -3.82. The number of aliphatic hydroxyl groups is 1. The van der Waals surface area contributed by atoms with Crippen molar-refractivity contribution in [3.8, 4) is 11.5 Å². The summed E-state index contributed by atoms with van der Waals surface area (Å²) < 4.78 is 38.2. The molecule has 1 aliphatic rings. The number of hydrogen-bond donors (Lipinski definition) is 1. The highest BCUT2D eigenvalue weighted by Gasteiger charge is 2.40. The van der Waals surface area contributed by atoms with Crippen molar-refractivity contribution in [2.75, 3.05) is 13.1 Å². The first kappa shape index (κ1) is 19.8. The molecule has 4 heterocycles. The standard InChI is InChI=1S/C20H23N3O5S/c1-13-4-6-17(21-12-13)20(24)8-10-23(11-9-20)29(25,26)18-7-5-16(27-18)19-14(2)15(3)22-28-19/h4-7,12,24H,8-11H2,1-3H3. The lowest BCUT2D eigenvalue weighted by atomic mass is 9.88. The number of sulfonamides is 1. The third kappa shape index (κ3) is 3.50. The summed E-state index contributed by atoms with van der Waals surface area (Å²) in [5.41, 5.74) is 1.96. The van der Waals surface area contributed by atoms with Crippen LogP contribution < -0.4 is 0 Å². The summed E-state index contributed by atoms with van der Waals surface area (Å²) >= 11 is 0. The Balaban J connectivity index is 1.52. The zero-order valence-corrected chi connectivity index (χ0v) is 17.4. The van der Waals surface area contributed by atoms with Gasteiger partial charge in [0, 0.05) is 24.8 Å². The summed E-state index contributed by atoms with van der Waals surface area (Å²) in [6, 6.07) is 6.67. The number of nitrogens with zero attached hydrogens (tertiary/aromatic N) is 3. The van der Waals surface area contributed by atoms with Crippen LogP contribution in [0.25, 0.3) is 11.5 Å². The molecule has 1 N–H and O–H groups in total. The predicted octanol–water partition coefficient (Wildman–Crippen LogP) is 2.93. The number of rotatable bonds is 4. The Morgan fingerprint density at radius 1 is 1.10 bits per heavy atom. The molecule has 8 nitrogen and oxygen atoms in total. The van der Waals surface area contributed by atoms with Gasteiger partial charge in [-0.15, -0.1) is 0 Å². The molecule has 0 bridgehead atoms. The molecule has 1 fully saturated rings. The van der Waals surface area contributed by atoms with E-state index in [1.807, 2.05) is 19.9 Å². The van der Waals surface area contributed by atoms with Crippen molar-refractivity contribution in [3.63, 3.8) is 0 Å². The van der Waals surface area contributed by atoms with Crippen LogP contribution in [-0.4, -0.2) is 41.1 Å². The maximum Gasteiger partial charge on any atom is 0.276 e. The van der Waals surface area contributed by atoms with Crippen molar-refractivity contribution in [2.24, 2.45) is 0 Å². The van der Waals surface area contributed by atoms with Crippen LogP contribution in [0.15, 0.2) is 44.5 Å². The number of pyridine rings is 1. The van der Waals surface area contributed by atoms with Crippen LogP contribution in [0.5, 0.6) is 0 Å². The quantitative estimate of drug-likeness (QED) is 0.695. The van der Waals surface area contributed by atoms with Crippen LogP contribution in [0.4, 0.5) is 0 Å². The van der Waals surface area contributed by atoms with Crippen molar-refractivity contribution in [1.29, 1.82) is 0 Å². The van der Waals surface area contributed by atoms with Gasteiger partial charge in [-0.25, -0.2) is 8.42 Å². The zero-order chi connectivity index (χ0) is 20.8. The Bertz CT molecular complexity index is 1120. The summed E-state index contributed by atoms with van der Waals surface area (Å²) in [4.78, 5) is 4.31. The Morgan fingerprint density at radius 2 is 1.83 bits per heavy atom. The van der Waals surface area contributed by atoms with Crippen LogP contribution in [0.3, 0.4) is 0 Å². The van der Waals surface area contributed by atoms with Crippen LogP contribution in [0, 0.1) is 20.8 Å². The molecule has 1 aliphatic heterocycles. The second-order valence-corrected chi connectivity index (χ2v) is 9.37. The van der Waals surface area contributed by atoms with E-state index in [0.29, 0.717) is 17.2 Å². The molecule has 0 unspecified atom stereocenters. The molecule has 154 valence electrons. The second kappa shape index (κ2) is 7.08. The predicted molar refractivity (Wildman–Crippen MR) is 105 cm³/mol. The van der Waals surface area contributed by atoms with E-state index in [4.69, 9.17) is 8.94 Å². The smallest absolute Gasteiger partial charge is 0.276 e. The van der Waals surface area contributed by atoms with Gasteiger partial charge in [-0.05, 0) is 57.4 Å². The van der Waals surface area contributed by atoms with Crippen molar-refractivity contribution in [1.82, 2.24) is 14.4 Å². The zero-order valence-electron chi connectivity index (χ0n) is 16.5. The highest BCUT2D eigenvalue weighted by atomic mass is 32.2. The third-order valence-electron chi connectivity index (χ3n) is 5.49. The first-order chi connectivity index (χ1) is 13.7. The monoisotopic (exact) mass is 417 g/mol. The molecule has 3 aromatic heterocycles. The minimum Gasteiger partial charge on any atom is -0.440 e. The molecule has 0 aromatic carbocycles. The van der Waals surface area contributed by atoms with Gasteiger partial charge in [-0.2, -0.15) is 4.31 Å². The Kier molecular flexibility index (Phi) is 4.84. The fourth-order valence-corrected chi connectivity index (χ4v) is 4.80. The molecule has 0 saturated carbocycles. The van der Waals surface area contributed by atoms with Crippen molar-refractivity contribution < 1.29 is 22.5 Å². The molecule has 3 aromatic rings. The van der Waals surface area contributed by atoms with E-state index in [-0.39, 0.29) is 31.0 Å². The number of aromatic nitrogens is 2. The average molecular weight is 417 g/mol. The molecule has 0 radical (unpaired) electrons. The third-order valence-corrected chi connectivity index (χ3v) is 7.27. The van der Waals surface area contributed by atoms with E-state index in [1.165, 1.54) is 10.4 Å². The molecule has 0 atom stereocenters. The van der Waals surface area contributed by atoms with Gasteiger partial charge in [-0.1, -0.05) is 11.2 Å². The number of furan rings is 1. The van der Waals surface area contributed by atoms with Gasteiger partial charge in [-0.3, -0.25) is 4.98 Å². The fourth-order valence-electron chi connectivity index (χ4n) is 3.45. The average Bonchev–Trinajstić information content (AvgIpc) is 3.31. The van der Waals surface area contributed by atoms with E-state index in [0.717, 1.165) is 16.8 Å². The van der Waals surface area contributed by atoms with Crippen LogP contribution in [0.2, 0.25) is 0 Å². The van der Waals surface area contributed by atoms with Gasteiger partial charge in [0.15, 0.2) is 5.76 Å². The highest BCUT2D eigenvalue weighted by Crippen LogP contribution is 2.35. The Hall–Kier alpha value is -2.49. The SMILES string of the molecule is Cc1ccc(C2(O)CCN(S(=O)(=O)c3ccc(-c4onc(C)c4C)o3)CC2)nc1. The van der Waals surface area contributed by atoms with Crippen LogP contribution in [-0.2, 0) is 15.6 Å². The fraction of sp³-hybridized carbons (Fsp3) is 0.400. The summed E-state index contributed by atoms with van der Waals surface area (Å²) in [7, 11) is -3.82. The van der Waals surface area contributed by atoms with Crippen LogP contribution in [0.1, 0.15) is 35.4 Å². The largest absolute Gasteiger partial charge is 0.440 e. The molecule has 29 heavy (non-hydrogen) atoms. The Labute approximate surface area is 169 Å². The van der Waals surface area contributed by atoms with Crippen molar-refractivity contribution in [3.05, 3.63) is 53.0 Å². The van der Waals surface area contributed by atoms with Gasteiger partial charge in [0.1, 0.15) is 5.60 Å². The molecule has 0 amide bonds. The number of aryl methyl sites for hydroxylation is 2. The van der Waals surface area contributed by atoms with Crippen molar-refractivity contribution in [2.45, 2.75) is 44.3 Å². The molecule has 0 aliphatic carbocycles. The Morgan fingerprint density at radius 3 is 2.41 bits per heavy atom. The molecule has 9 heteroatoms. The maximum atomic E-state index is 13.0. The number of hydrogen-bond acceptors (Lipinski definition) is 7.